The topological polar surface area (TPSA) is 44.0 Å². The first-order valence-electron chi connectivity index (χ1n) is 3.64. The smallest absolute Gasteiger partial charge is 0.0991 e. The molecular weight excluding hydrogens is 150 g/mol. The maximum absolute atomic E-state index is 8.56. The Balaban J connectivity index is 2.88. The van der Waals surface area contributed by atoms with Crippen molar-refractivity contribution in [1.29, 1.82) is 5.26 Å². The number of aliphatic hydroxyl groups excluding tert-OH is 1. The van der Waals surface area contributed by atoms with Gasteiger partial charge in [-0.15, -0.1) is 0 Å². The molecule has 1 aromatic carbocycles. The maximum atomic E-state index is 8.56. The van der Waals surface area contributed by atoms with E-state index in [1.54, 1.807) is 24.3 Å². The Morgan fingerprint density at radius 3 is 3.00 bits per heavy atom. The van der Waals surface area contributed by atoms with Crippen molar-refractivity contribution >= 4 is 6.08 Å². The quantitative estimate of drug-likeness (QED) is 0.711. The second kappa shape index (κ2) is 4.32. The molecule has 1 N–H and O–H groups in total. The number of benzene rings is 1. The van der Waals surface area contributed by atoms with Crippen LogP contribution in [-0.2, 0) is 0 Å². The summed E-state index contributed by atoms with van der Waals surface area (Å²) in [4.78, 5) is 0. The summed E-state index contributed by atoms with van der Waals surface area (Å²) in [6, 6.07) is 9.26. The van der Waals surface area contributed by atoms with Crippen LogP contribution in [-0.4, -0.2) is 11.7 Å². The summed E-state index contributed by atoms with van der Waals surface area (Å²) in [6.45, 7) is 0.0246. The van der Waals surface area contributed by atoms with Crippen molar-refractivity contribution in [3.8, 4) is 6.07 Å². The van der Waals surface area contributed by atoms with Gasteiger partial charge < -0.3 is 5.11 Å². The molecule has 0 unspecified atom stereocenters. The first-order chi connectivity index (χ1) is 5.86. The van der Waals surface area contributed by atoms with Crippen LogP contribution in [0.15, 0.2) is 30.3 Å². The predicted molar refractivity (Wildman–Crippen MR) is 47.3 cm³/mol. The van der Waals surface area contributed by atoms with Gasteiger partial charge in [-0.2, -0.15) is 5.26 Å². The summed E-state index contributed by atoms with van der Waals surface area (Å²) in [7, 11) is 0. The van der Waals surface area contributed by atoms with Gasteiger partial charge in [-0.1, -0.05) is 24.3 Å². The van der Waals surface area contributed by atoms with Crippen molar-refractivity contribution in [2.24, 2.45) is 0 Å². The predicted octanol–water partition coefficient (Wildman–Crippen LogP) is 1.56. The second-order valence-corrected chi connectivity index (χ2v) is 2.32. The molecule has 0 aliphatic carbocycles. The van der Waals surface area contributed by atoms with Gasteiger partial charge >= 0.3 is 0 Å². The lowest BCUT2D eigenvalue weighted by Crippen LogP contribution is -1.77. The molecule has 0 spiro atoms. The Bertz CT molecular complexity index is 323. The van der Waals surface area contributed by atoms with Crippen LogP contribution in [0.2, 0.25) is 0 Å². The summed E-state index contributed by atoms with van der Waals surface area (Å²) in [6.07, 6.45) is 3.41. The summed E-state index contributed by atoms with van der Waals surface area (Å²) < 4.78 is 0. The summed E-state index contributed by atoms with van der Waals surface area (Å²) in [5.74, 6) is 0. The molecule has 60 valence electrons. The van der Waals surface area contributed by atoms with Gasteiger partial charge in [-0.05, 0) is 17.7 Å². The van der Waals surface area contributed by atoms with Crippen molar-refractivity contribution in [2.45, 2.75) is 0 Å². The fourth-order valence-corrected chi connectivity index (χ4v) is 0.901. The van der Waals surface area contributed by atoms with Gasteiger partial charge in [-0.3, -0.25) is 0 Å². The highest BCUT2D eigenvalue weighted by atomic mass is 16.2. The molecule has 1 aromatic rings. The van der Waals surface area contributed by atoms with Crippen molar-refractivity contribution in [2.75, 3.05) is 6.61 Å². The van der Waals surface area contributed by atoms with Gasteiger partial charge in [0.05, 0.1) is 18.2 Å². The molecule has 0 radical (unpaired) electrons. The molecule has 2 heteroatoms. The zero-order valence-corrected chi connectivity index (χ0v) is 6.57. The molecule has 0 fully saturated rings. The zero-order valence-electron chi connectivity index (χ0n) is 6.57. The van der Waals surface area contributed by atoms with Crippen LogP contribution in [0.4, 0.5) is 0 Å². The lowest BCUT2D eigenvalue weighted by molar-refractivity contribution is 0.343. The van der Waals surface area contributed by atoms with Crippen molar-refractivity contribution in [3.63, 3.8) is 0 Å². The van der Waals surface area contributed by atoms with Crippen LogP contribution in [0.5, 0.6) is 0 Å². The van der Waals surface area contributed by atoms with E-state index in [-0.39, 0.29) is 6.61 Å². The molecule has 0 saturated heterocycles. The monoisotopic (exact) mass is 159 g/mol. The number of hydrogen-bond acceptors (Lipinski definition) is 2. The molecule has 2 nitrogen and oxygen atoms in total. The third kappa shape index (κ3) is 2.22. The standard InChI is InChI=1S/C10H9NO/c11-8-10-4-1-3-9(7-10)5-2-6-12/h1-5,7,12H,6H2. The lowest BCUT2D eigenvalue weighted by Gasteiger charge is -1.92. The highest BCUT2D eigenvalue weighted by Gasteiger charge is 1.89. The normalized spacial score (nSPS) is 10.0. The summed E-state index contributed by atoms with van der Waals surface area (Å²) in [5, 5.41) is 17.1. The van der Waals surface area contributed by atoms with Gasteiger partial charge in [0.25, 0.3) is 0 Å². The Hall–Kier alpha value is -1.59. The van der Waals surface area contributed by atoms with E-state index in [4.69, 9.17) is 10.4 Å². The first kappa shape index (κ1) is 8.51. The number of rotatable bonds is 2. The van der Waals surface area contributed by atoms with Gasteiger partial charge in [0.2, 0.25) is 0 Å². The van der Waals surface area contributed by atoms with Crippen molar-refractivity contribution < 1.29 is 5.11 Å². The molecule has 0 aromatic heterocycles. The second-order valence-electron chi connectivity index (χ2n) is 2.32. The van der Waals surface area contributed by atoms with Crippen LogP contribution in [0.1, 0.15) is 11.1 Å². The van der Waals surface area contributed by atoms with E-state index in [9.17, 15) is 0 Å². The lowest BCUT2D eigenvalue weighted by atomic mass is 10.1. The van der Waals surface area contributed by atoms with E-state index < -0.39 is 0 Å². The Morgan fingerprint density at radius 2 is 2.33 bits per heavy atom. The average Bonchev–Trinajstić information content (AvgIpc) is 2.15. The van der Waals surface area contributed by atoms with Crippen LogP contribution >= 0.6 is 0 Å². The first-order valence-corrected chi connectivity index (χ1v) is 3.64. The molecule has 0 atom stereocenters. The molecular formula is C10H9NO. The molecule has 0 saturated carbocycles. The van der Waals surface area contributed by atoms with E-state index in [2.05, 4.69) is 0 Å². The number of nitrogens with zero attached hydrogens (tertiary/aromatic N) is 1. The number of hydrogen-bond donors (Lipinski definition) is 1. The fourth-order valence-electron chi connectivity index (χ4n) is 0.901. The van der Waals surface area contributed by atoms with E-state index in [0.29, 0.717) is 5.56 Å². The molecule has 0 amide bonds. The Labute approximate surface area is 71.4 Å². The van der Waals surface area contributed by atoms with Gasteiger partial charge in [-0.25, -0.2) is 0 Å². The summed E-state index contributed by atoms with van der Waals surface area (Å²) in [5.41, 5.74) is 1.57. The molecule has 0 aliphatic heterocycles. The van der Waals surface area contributed by atoms with E-state index in [1.807, 2.05) is 18.2 Å². The fraction of sp³-hybridized carbons (Fsp3) is 0.100. The summed E-state index contributed by atoms with van der Waals surface area (Å²) >= 11 is 0. The molecule has 12 heavy (non-hydrogen) atoms. The van der Waals surface area contributed by atoms with Crippen LogP contribution in [0, 0.1) is 11.3 Å². The maximum Gasteiger partial charge on any atom is 0.0991 e. The van der Waals surface area contributed by atoms with Crippen LogP contribution in [0.25, 0.3) is 6.08 Å². The minimum Gasteiger partial charge on any atom is -0.392 e. The Kier molecular flexibility index (Phi) is 3.06. The van der Waals surface area contributed by atoms with E-state index in [0.717, 1.165) is 5.56 Å². The Morgan fingerprint density at radius 1 is 1.50 bits per heavy atom. The third-order valence-electron chi connectivity index (χ3n) is 1.43. The van der Waals surface area contributed by atoms with Crippen LogP contribution < -0.4 is 0 Å². The molecule has 0 bridgehead atoms. The van der Waals surface area contributed by atoms with Crippen molar-refractivity contribution in [3.05, 3.63) is 41.5 Å². The third-order valence-corrected chi connectivity index (χ3v) is 1.43. The number of nitriles is 1. The molecule has 0 aliphatic rings. The van der Waals surface area contributed by atoms with Gasteiger partial charge in [0, 0.05) is 0 Å². The average molecular weight is 159 g/mol. The van der Waals surface area contributed by atoms with Gasteiger partial charge in [0.15, 0.2) is 0 Å². The largest absolute Gasteiger partial charge is 0.392 e. The van der Waals surface area contributed by atoms with E-state index in [1.165, 1.54) is 0 Å². The number of aliphatic hydroxyl groups is 1. The minimum atomic E-state index is 0.0246. The highest BCUT2D eigenvalue weighted by Crippen LogP contribution is 2.05. The zero-order chi connectivity index (χ0) is 8.81. The molecule has 1 rings (SSSR count). The highest BCUT2D eigenvalue weighted by molar-refractivity contribution is 5.52. The SMILES string of the molecule is N#Cc1cccc(C=CCO)c1. The van der Waals surface area contributed by atoms with Gasteiger partial charge in [0.1, 0.15) is 0 Å². The minimum absolute atomic E-state index is 0.0246. The van der Waals surface area contributed by atoms with Crippen LogP contribution in [0.3, 0.4) is 0 Å². The van der Waals surface area contributed by atoms with Crippen molar-refractivity contribution in [1.82, 2.24) is 0 Å². The molecule has 0 heterocycles. The van der Waals surface area contributed by atoms with E-state index >= 15 is 0 Å².